The third-order valence-electron chi connectivity index (χ3n) is 1.24. The molecule has 4 nitrogen and oxygen atoms in total. The van der Waals surface area contributed by atoms with Crippen LogP contribution in [-0.2, 0) is 10.2 Å². The van der Waals surface area contributed by atoms with Crippen molar-refractivity contribution in [2.45, 2.75) is 25.6 Å². The lowest BCUT2D eigenvalue weighted by Crippen LogP contribution is -2.44. The Morgan fingerprint density at radius 2 is 2.00 bits per heavy atom. The Kier molecular flexibility index (Phi) is 5.07. The van der Waals surface area contributed by atoms with Crippen molar-refractivity contribution in [2.75, 3.05) is 6.54 Å². The molecule has 0 fully saturated rings. The van der Waals surface area contributed by atoms with E-state index in [2.05, 4.69) is 5.92 Å². The highest BCUT2D eigenvalue weighted by Crippen LogP contribution is 2.12. The van der Waals surface area contributed by atoms with Crippen LogP contribution in [0.15, 0.2) is 0 Å². The van der Waals surface area contributed by atoms with Gasteiger partial charge in [0.15, 0.2) is 0 Å². The van der Waals surface area contributed by atoms with E-state index in [9.17, 15) is 21.6 Å². The molecule has 0 bridgehead atoms. The van der Waals surface area contributed by atoms with Crippen LogP contribution < -0.4 is 9.44 Å². The minimum atomic E-state index is -4.58. The van der Waals surface area contributed by atoms with E-state index >= 15 is 0 Å². The standard InChI is InChI=1S/C7H11F3N2O2S/c1-3-4-6(2)12-15(13,14)11-5-7(8,9)10/h1,6,11-12H,4-5H2,2H3. The molecule has 1 atom stereocenters. The number of halogens is 3. The fourth-order valence-corrected chi connectivity index (χ4v) is 1.75. The van der Waals surface area contributed by atoms with Gasteiger partial charge >= 0.3 is 6.18 Å². The topological polar surface area (TPSA) is 58.2 Å². The normalized spacial score (nSPS) is 14.6. The van der Waals surface area contributed by atoms with Gasteiger partial charge in [-0.15, -0.1) is 12.3 Å². The van der Waals surface area contributed by atoms with Gasteiger partial charge in [0.1, 0.15) is 6.54 Å². The number of nitrogens with one attached hydrogen (secondary N) is 2. The van der Waals surface area contributed by atoms with Crippen LogP contribution in [0.4, 0.5) is 13.2 Å². The number of hydrogen-bond acceptors (Lipinski definition) is 2. The summed E-state index contributed by atoms with van der Waals surface area (Å²) in [4.78, 5) is 0. The van der Waals surface area contributed by atoms with Crippen molar-refractivity contribution >= 4 is 10.2 Å². The fraction of sp³-hybridized carbons (Fsp3) is 0.714. The molecule has 2 N–H and O–H groups in total. The van der Waals surface area contributed by atoms with Crippen LogP contribution in [0.5, 0.6) is 0 Å². The van der Waals surface area contributed by atoms with Gasteiger partial charge in [-0.1, -0.05) is 0 Å². The van der Waals surface area contributed by atoms with E-state index in [1.807, 2.05) is 4.72 Å². The molecule has 88 valence electrons. The third-order valence-corrected chi connectivity index (χ3v) is 2.48. The maximum Gasteiger partial charge on any atom is 0.402 e. The third kappa shape index (κ3) is 8.23. The Morgan fingerprint density at radius 1 is 1.47 bits per heavy atom. The summed E-state index contributed by atoms with van der Waals surface area (Å²) in [6.45, 7) is -0.155. The van der Waals surface area contributed by atoms with Crippen molar-refractivity contribution in [1.82, 2.24) is 9.44 Å². The minimum absolute atomic E-state index is 0.104. The van der Waals surface area contributed by atoms with E-state index in [1.54, 1.807) is 0 Å². The molecule has 0 aromatic carbocycles. The van der Waals surface area contributed by atoms with Gasteiger partial charge < -0.3 is 0 Å². The van der Waals surface area contributed by atoms with Crippen LogP contribution >= 0.6 is 0 Å². The molecule has 0 aromatic rings. The molecular weight excluding hydrogens is 233 g/mol. The van der Waals surface area contributed by atoms with E-state index in [0.29, 0.717) is 0 Å². The summed E-state index contributed by atoms with van der Waals surface area (Å²) in [6.07, 6.45) is 0.431. The average molecular weight is 244 g/mol. The van der Waals surface area contributed by atoms with Gasteiger partial charge in [0.2, 0.25) is 0 Å². The van der Waals surface area contributed by atoms with Crippen LogP contribution in [-0.4, -0.2) is 27.2 Å². The maximum atomic E-state index is 11.7. The predicted octanol–water partition coefficient (Wildman–Crippen LogP) is 0.384. The minimum Gasteiger partial charge on any atom is -0.199 e. The van der Waals surface area contributed by atoms with Crippen molar-refractivity contribution in [1.29, 1.82) is 0 Å². The fourth-order valence-electron chi connectivity index (χ4n) is 0.702. The molecule has 0 saturated carbocycles. The second-order valence-corrected chi connectivity index (χ2v) is 4.40. The van der Waals surface area contributed by atoms with E-state index in [4.69, 9.17) is 6.42 Å². The Balaban J connectivity index is 4.16. The van der Waals surface area contributed by atoms with Crippen LogP contribution in [0.3, 0.4) is 0 Å². The molecule has 15 heavy (non-hydrogen) atoms. The van der Waals surface area contributed by atoms with Crippen molar-refractivity contribution in [3.05, 3.63) is 0 Å². The predicted molar refractivity (Wildman–Crippen MR) is 49.0 cm³/mol. The van der Waals surface area contributed by atoms with Gasteiger partial charge in [-0.3, -0.25) is 0 Å². The number of rotatable bonds is 5. The monoisotopic (exact) mass is 244 g/mol. The first-order valence-corrected chi connectivity index (χ1v) is 5.42. The molecule has 0 amide bonds. The molecule has 0 heterocycles. The second-order valence-electron chi connectivity index (χ2n) is 2.87. The number of hydrogen-bond donors (Lipinski definition) is 2. The van der Waals surface area contributed by atoms with E-state index < -0.39 is 29.0 Å². The number of terminal acetylenes is 1. The van der Waals surface area contributed by atoms with Gasteiger partial charge in [0, 0.05) is 12.5 Å². The summed E-state index contributed by atoms with van der Waals surface area (Å²) >= 11 is 0. The lowest BCUT2D eigenvalue weighted by atomic mass is 10.3. The van der Waals surface area contributed by atoms with Gasteiger partial charge in [-0.2, -0.15) is 31.0 Å². The Bertz CT molecular complexity index is 331. The van der Waals surface area contributed by atoms with Gasteiger partial charge in [0.25, 0.3) is 10.2 Å². The van der Waals surface area contributed by atoms with Gasteiger partial charge in [-0.05, 0) is 6.92 Å². The van der Waals surface area contributed by atoms with Crippen LogP contribution in [0, 0.1) is 12.3 Å². The zero-order valence-electron chi connectivity index (χ0n) is 7.93. The summed E-state index contributed by atoms with van der Waals surface area (Å²) in [5.41, 5.74) is 0. The maximum absolute atomic E-state index is 11.7. The largest absolute Gasteiger partial charge is 0.402 e. The molecule has 0 radical (unpaired) electrons. The summed E-state index contributed by atoms with van der Waals surface area (Å²) in [7, 11) is -4.15. The highest BCUT2D eigenvalue weighted by atomic mass is 32.2. The zero-order valence-corrected chi connectivity index (χ0v) is 8.74. The SMILES string of the molecule is C#CCC(C)NS(=O)(=O)NCC(F)(F)F. The van der Waals surface area contributed by atoms with E-state index in [1.165, 1.54) is 11.6 Å². The van der Waals surface area contributed by atoms with Crippen molar-refractivity contribution in [3.63, 3.8) is 0 Å². The Labute approximate surface area is 86.4 Å². The molecule has 0 aliphatic heterocycles. The Morgan fingerprint density at radius 3 is 2.40 bits per heavy atom. The lowest BCUT2D eigenvalue weighted by molar-refractivity contribution is -0.121. The first-order chi connectivity index (χ1) is 6.66. The molecule has 0 spiro atoms. The lowest BCUT2D eigenvalue weighted by Gasteiger charge is -2.13. The highest BCUT2D eigenvalue weighted by Gasteiger charge is 2.29. The van der Waals surface area contributed by atoms with Crippen molar-refractivity contribution < 1.29 is 21.6 Å². The zero-order chi connectivity index (χ0) is 12.1. The molecule has 8 heteroatoms. The molecular formula is C7H11F3N2O2S. The summed E-state index contributed by atoms with van der Waals surface area (Å²) in [5, 5.41) is 0. The van der Waals surface area contributed by atoms with Crippen molar-refractivity contribution in [2.24, 2.45) is 0 Å². The van der Waals surface area contributed by atoms with E-state index in [-0.39, 0.29) is 6.42 Å². The average Bonchev–Trinajstić information content (AvgIpc) is 1.99. The smallest absolute Gasteiger partial charge is 0.199 e. The molecule has 1 unspecified atom stereocenters. The summed E-state index contributed by atoms with van der Waals surface area (Å²) in [5.74, 6) is 2.19. The summed E-state index contributed by atoms with van der Waals surface area (Å²) in [6, 6.07) is -0.610. The molecule has 0 aliphatic rings. The first-order valence-electron chi connectivity index (χ1n) is 3.93. The first kappa shape index (κ1) is 14.2. The summed E-state index contributed by atoms with van der Waals surface area (Å²) < 4.78 is 60.3. The molecule has 0 aliphatic carbocycles. The van der Waals surface area contributed by atoms with Crippen molar-refractivity contribution in [3.8, 4) is 12.3 Å². The van der Waals surface area contributed by atoms with Gasteiger partial charge in [-0.25, -0.2) is 0 Å². The van der Waals surface area contributed by atoms with Gasteiger partial charge in [0.05, 0.1) is 0 Å². The quantitative estimate of drug-likeness (QED) is 0.687. The second kappa shape index (κ2) is 5.34. The van der Waals surface area contributed by atoms with Crippen LogP contribution in [0.2, 0.25) is 0 Å². The molecule has 0 rings (SSSR count). The van der Waals surface area contributed by atoms with E-state index in [0.717, 1.165) is 0 Å². The van der Waals surface area contributed by atoms with Crippen LogP contribution in [0.1, 0.15) is 13.3 Å². The Hall–Kier alpha value is -0.780. The molecule has 0 aromatic heterocycles. The highest BCUT2D eigenvalue weighted by molar-refractivity contribution is 7.87. The van der Waals surface area contributed by atoms with Crippen LogP contribution in [0.25, 0.3) is 0 Å². The molecule has 0 saturated heterocycles. The number of alkyl halides is 3.